The van der Waals surface area contributed by atoms with Gasteiger partial charge in [-0.05, 0) is 80.8 Å². The van der Waals surface area contributed by atoms with Crippen molar-refractivity contribution in [1.82, 2.24) is 35.2 Å². The molecule has 0 radical (unpaired) electrons. The minimum absolute atomic E-state index is 0.115. The van der Waals surface area contributed by atoms with Crippen LogP contribution < -0.4 is 16.0 Å². The van der Waals surface area contributed by atoms with Crippen LogP contribution in [0.4, 0.5) is 14.9 Å². The van der Waals surface area contributed by atoms with Crippen molar-refractivity contribution in [2.75, 3.05) is 38.2 Å². The first-order valence-electron chi connectivity index (χ1n) is 19.5. The number of ether oxygens (including phenoxy) is 1. The van der Waals surface area contributed by atoms with Gasteiger partial charge in [-0.1, -0.05) is 31.2 Å². The fourth-order valence-corrected chi connectivity index (χ4v) is 7.93. The van der Waals surface area contributed by atoms with Crippen LogP contribution in [0.15, 0.2) is 48.7 Å². The van der Waals surface area contributed by atoms with E-state index in [4.69, 9.17) is 9.72 Å². The van der Waals surface area contributed by atoms with Gasteiger partial charge in [-0.15, -0.1) is 0 Å². The smallest absolute Gasteiger partial charge is 0.407 e. The predicted octanol–water partition coefficient (Wildman–Crippen LogP) is 5.31. The zero-order valence-corrected chi connectivity index (χ0v) is 31.9. The molecule has 1 aliphatic carbocycles. The van der Waals surface area contributed by atoms with Crippen molar-refractivity contribution < 1.29 is 28.6 Å². The SMILES string of the molecule is CCc1nc2c(cnn2CC)c(NC2CCOCC2)c1CNC(=O)C1(C(=O)NCc2ccc(F)c(-c3cccc(CN4CCN(C(=O)O)[C@@H](C)C4)c3)c2)CC1. The molecule has 0 spiro atoms. The number of halogens is 1. The first kappa shape index (κ1) is 38.2. The van der Waals surface area contributed by atoms with E-state index in [2.05, 4.69) is 25.9 Å². The van der Waals surface area contributed by atoms with Crippen molar-refractivity contribution >= 4 is 34.6 Å². The summed E-state index contributed by atoms with van der Waals surface area (Å²) in [4.78, 5) is 47.5. The van der Waals surface area contributed by atoms with Gasteiger partial charge in [0, 0.05) is 87.9 Å². The van der Waals surface area contributed by atoms with Crippen molar-refractivity contribution in [2.45, 2.75) is 91.1 Å². The van der Waals surface area contributed by atoms with Crippen molar-refractivity contribution in [1.29, 1.82) is 0 Å². The van der Waals surface area contributed by atoms with E-state index in [-0.39, 0.29) is 42.8 Å². The molecule has 1 saturated carbocycles. The molecular weight excluding hydrogens is 704 g/mol. The second-order valence-electron chi connectivity index (χ2n) is 15.0. The van der Waals surface area contributed by atoms with E-state index in [0.29, 0.717) is 81.9 Å². The first-order chi connectivity index (χ1) is 26.6. The van der Waals surface area contributed by atoms with Crippen LogP contribution in [0.1, 0.15) is 68.8 Å². The number of nitrogens with one attached hydrogen (secondary N) is 3. The molecule has 14 heteroatoms. The largest absolute Gasteiger partial charge is 0.465 e. The van der Waals surface area contributed by atoms with E-state index in [0.717, 1.165) is 46.4 Å². The fourth-order valence-electron chi connectivity index (χ4n) is 7.93. The number of carbonyl (C=O) groups excluding carboxylic acids is 2. The van der Waals surface area contributed by atoms with Gasteiger partial charge in [0.15, 0.2) is 5.65 Å². The molecule has 3 fully saturated rings. The van der Waals surface area contributed by atoms with E-state index in [9.17, 15) is 19.5 Å². The summed E-state index contributed by atoms with van der Waals surface area (Å²) in [5.41, 5.74) is 5.20. The lowest BCUT2D eigenvalue weighted by molar-refractivity contribution is -0.137. The summed E-state index contributed by atoms with van der Waals surface area (Å²) in [5, 5.41) is 24.7. The highest BCUT2D eigenvalue weighted by Crippen LogP contribution is 2.46. The molecule has 3 amide bonds. The number of aryl methyl sites for hydroxylation is 2. The summed E-state index contributed by atoms with van der Waals surface area (Å²) in [6.07, 6.45) is 4.24. The highest BCUT2D eigenvalue weighted by atomic mass is 19.1. The number of benzene rings is 2. The van der Waals surface area contributed by atoms with Gasteiger partial charge in [-0.25, -0.2) is 18.9 Å². The molecule has 1 atom stereocenters. The van der Waals surface area contributed by atoms with E-state index in [1.807, 2.05) is 55.9 Å². The number of rotatable bonds is 13. The molecule has 2 aromatic heterocycles. The quantitative estimate of drug-likeness (QED) is 0.133. The van der Waals surface area contributed by atoms with Crippen LogP contribution in [0.25, 0.3) is 22.2 Å². The maximum Gasteiger partial charge on any atom is 0.407 e. The molecule has 292 valence electrons. The molecule has 0 bridgehead atoms. The Labute approximate surface area is 320 Å². The lowest BCUT2D eigenvalue weighted by atomic mass is 9.99. The second-order valence-corrected chi connectivity index (χ2v) is 15.0. The summed E-state index contributed by atoms with van der Waals surface area (Å²) < 4.78 is 22.7. The molecule has 2 aliphatic heterocycles. The Hall–Kier alpha value is -5.08. The molecule has 4 aromatic rings. The van der Waals surface area contributed by atoms with Crippen molar-refractivity contribution in [3.63, 3.8) is 0 Å². The Morgan fingerprint density at radius 1 is 1.00 bits per heavy atom. The van der Waals surface area contributed by atoms with Gasteiger partial charge in [-0.3, -0.25) is 14.5 Å². The van der Waals surface area contributed by atoms with Crippen LogP contribution in [0.2, 0.25) is 0 Å². The normalized spacial score (nSPS) is 18.6. The van der Waals surface area contributed by atoms with Crippen LogP contribution >= 0.6 is 0 Å². The van der Waals surface area contributed by atoms with E-state index in [1.54, 1.807) is 12.1 Å². The third-order valence-electron chi connectivity index (χ3n) is 11.3. The van der Waals surface area contributed by atoms with Gasteiger partial charge in [0.25, 0.3) is 0 Å². The Bertz CT molecular complexity index is 2060. The molecule has 4 N–H and O–H groups in total. The number of piperazine rings is 1. The first-order valence-corrected chi connectivity index (χ1v) is 19.5. The van der Waals surface area contributed by atoms with E-state index >= 15 is 4.39 Å². The van der Waals surface area contributed by atoms with Crippen molar-refractivity contribution in [3.8, 4) is 11.1 Å². The molecule has 55 heavy (non-hydrogen) atoms. The number of nitrogens with zero attached hydrogens (tertiary/aromatic N) is 5. The number of aromatic nitrogens is 3. The maximum atomic E-state index is 15.2. The third kappa shape index (κ3) is 8.15. The Balaban J connectivity index is 1.01. The molecule has 0 unspecified atom stereocenters. The van der Waals surface area contributed by atoms with Crippen LogP contribution in [0, 0.1) is 11.2 Å². The summed E-state index contributed by atoms with van der Waals surface area (Å²) in [6, 6.07) is 12.6. The monoisotopic (exact) mass is 754 g/mol. The summed E-state index contributed by atoms with van der Waals surface area (Å²) >= 11 is 0. The average Bonchev–Trinajstić information content (AvgIpc) is 3.90. The fraction of sp³-hybridized carbons (Fsp3) is 0.488. The third-order valence-corrected chi connectivity index (χ3v) is 11.3. The average molecular weight is 755 g/mol. The highest BCUT2D eigenvalue weighted by Gasteiger charge is 2.56. The lowest BCUT2D eigenvalue weighted by Crippen LogP contribution is -2.53. The molecule has 4 heterocycles. The molecular formula is C41H51FN8O5. The Morgan fingerprint density at radius 3 is 2.45 bits per heavy atom. The topological polar surface area (TPSA) is 154 Å². The van der Waals surface area contributed by atoms with E-state index < -0.39 is 11.5 Å². The van der Waals surface area contributed by atoms with Crippen LogP contribution in [0.5, 0.6) is 0 Å². The maximum absolute atomic E-state index is 15.2. The zero-order chi connectivity index (χ0) is 38.7. The van der Waals surface area contributed by atoms with Gasteiger partial charge in [0.05, 0.1) is 17.3 Å². The number of fused-ring (bicyclic) bond motifs is 1. The lowest BCUT2D eigenvalue weighted by Gasteiger charge is -2.38. The number of amides is 3. The molecule has 13 nitrogen and oxygen atoms in total. The number of carbonyl (C=O) groups is 3. The minimum Gasteiger partial charge on any atom is -0.465 e. The number of hydrogen-bond acceptors (Lipinski definition) is 8. The Kier molecular flexibility index (Phi) is 11.3. The standard InChI is InChI=1S/C41H51FN8O5/c1-4-35-32(36(46-30-11-17-55-18-12-30)33-23-45-50(5-2)37(33)47-35)22-44-39(52)41(13-14-41)38(51)43-21-27-9-10-34(42)31(20-27)29-8-6-7-28(19-29)25-48-15-16-49(40(53)54)26(3)24-48/h6-10,19-20,23,26,30H,4-5,11-18,21-22,24-25H2,1-3H3,(H,43,51)(H,44,52)(H,46,47)(H,53,54)/t26-/m0/s1. The number of hydrogen-bond donors (Lipinski definition) is 4. The van der Waals surface area contributed by atoms with Crippen molar-refractivity contribution in [2.24, 2.45) is 5.41 Å². The van der Waals surface area contributed by atoms with Gasteiger partial charge < -0.3 is 30.7 Å². The number of anilines is 1. The van der Waals surface area contributed by atoms with Gasteiger partial charge >= 0.3 is 6.09 Å². The molecule has 7 rings (SSSR count). The van der Waals surface area contributed by atoms with E-state index in [1.165, 1.54) is 11.0 Å². The predicted molar refractivity (Wildman–Crippen MR) is 207 cm³/mol. The number of carboxylic acid groups (broad SMARTS) is 1. The van der Waals surface area contributed by atoms with Crippen molar-refractivity contribution in [3.05, 3.63) is 76.9 Å². The summed E-state index contributed by atoms with van der Waals surface area (Å²) in [6.45, 7) is 10.7. The van der Waals surface area contributed by atoms with Crippen LogP contribution in [-0.2, 0) is 46.9 Å². The zero-order valence-electron chi connectivity index (χ0n) is 31.9. The highest BCUT2D eigenvalue weighted by molar-refractivity contribution is 6.08. The second kappa shape index (κ2) is 16.3. The summed E-state index contributed by atoms with van der Waals surface area (Å²) in [5.74, 6) is -1.03. The number of pyridine rings is 1. The van der Waals surface area contributed by atoms with Gasteiger partial charge in [0.1, 0.15) is 11.2 Å². The minimum atomic E-state index is -1.16. The van der Waals surface area contributed by atoms with Gasteiger partial charge in [-0.2, -0.15) is 5.10 Å². The van der Waals surface area contributed by atoms with Crippen LogP contribution in [0.3, 0.4) is 0 Å². The molecule has 2 aromatic carbocycles. The Morgan fingerprint density at radius 2 is 1.76 bits per heavy atom. The van der Waals surface area contributed by atoms with Gasteiger partial charge in [0.2, 0.25) is 11.8 Å². The summed E-state index contributed by atoms with van der Waals surface area (Å²) in [7, 11) is 0. The van der Waals surface area contributed by atoms with Crippen LogP contribution in [-0.4, -0.2) is 92.5 Å². The molecule has 3 aliphatic rings. The molecule has 2 saturated heterocycles.